The van der Waals surface area contributed by atoms with Crippen LogP contribution in [0.15, 0.2) is 52.9 Å². The third kappa shape index (κ3) is 5.38. The Labute approximate surface area is 158 Å². The molecule has 0 fully saturated rings. The lowest BCUT2D eigenvalue weighted by molar-refractivity contribution is 0.414. The molecular formula is C19H21N3O4S. The molecule has 8 heteroatoms. The van der Waals surface area contributed by atoms with Gasteiger partial charge in [-0.25, -0.2) is 13.1 Å². The van der Waals surface area contributed by atoms with Gasteiger partial charge in [-0.1, -0.05) is 35.9 Å². The van der Waals surface area contributed by atoms with E-state index in [0.717, 1.165) is 16.7 Å². The fourth-order valence-corrected chi connectivity index (χ4v) is 3.75. The molecule has 3 aromatic rings. The van der Waals surface area contributed by atoms with E-state index in [0.29, 0.717) is 24.0 Å². The fourth-order valence-electron chi connectivity index (χ4n) is 2.61. The molecule has 0 bridgehead atoms. The number of aryl methyl sites for hydroxylation is 1. The molecule has 0 radical (unpaired) electrons. The van der Waals surface area contributed by atoms with Gasteiger partial charge in [0.05, 0.1) is 12.9 Å². The topological polar surface area (TPSA) is 94.3 Å². The van der Waals surface area contributed by atoms with Crippen molar-refractivity contribution in [3.63, 3.8) is 0 Å². The van der Waals surface area contributed by atoms with E-state index < -0.39 is 10.0 Å². The fraction of sp³-hybridized carbons (Fsp3) is 0.263. The molecule has 0 saturated heterocycles. The van der Waals surface area contributed by atoms with Gasteiger partial charge in [0.25, 0.3) is 0 Å². The summed E-state index contributed by atoms with van der Waals surface area (Å²) in [6.07, 6.45) is 0.310. The molecule has 1 aromatic heterocycles. The molecule has 0 aliphatic heterocycles. The third-order valence-electron chi connectivity index (χ3n) is 3.88. The van der Waals surface area contributed by atoms with Gasteiger partial charge in [0.1, 0.15) is 5.75 Å². The van der Waals surface area contributed by atoms with Crippen LogP contribution in [0.3, 0.4) is 0 Å². The molecule has 1 heterocycles. The Bertz CT molecular complexity index is 1020. The molecule has 0 aliphatic carbocycles. The highest BCUT2D eigenvalue weighted by molar-refractivity contribution is 7.88. The zero-order valence-electron chi connectivity index (χ0n) is 15.2. The van der Waals surface area contributed by atoms with Gasteiger partial charge in [-0.3, -0.25) is 0 Å². The van der Waals surface area contributed by atoms with Gasteiger partial charge in [0.15, 0.2) is 0 Å². The number of hydrogen-bond donors (Lipinski definition) is 1. The zero-order valence-corrected chi connectivity index (χ0v) is 16.0. The first-order valence-corrected chi connectivity index (χ1v) is 10.1. The predicted octanol–water partition coefficient (Wildman–Crippen LogP) is 2.72. The van der Waals surface area contributed by atoms with Crippen LogP contribution >= 0.6 is 0 Å². The molecule has 7 nitrogen and oxygen atoms in total. The van der Waals surface area contributed by atoms with Crippen molar-refractivity contribution in [2.24, 2.45) is 0 Å². The second kappa shape index (κ2) is 8.32. The van der Waals surface area contributed by atoms with Crippen molar-refractivity contribution in [3.05, 3.63) is 65.5 Å². The quantitative estimate of drug-likeness (QED) is 0.639. The average Bonchev–Trinajstić information content (AvgIpc) is 3.10. The van der Waals surface area contributed by atoms with Crippen molar-refractivity contribution >= 4 is 10.0 Å². The van der Waals surface area contributed by atoms with Crippen molar-refractivity contribution in [3.8, 4) is 17.2 Å². The molecule has 0 saturated carbocycles. The number of nitrogens with zero attached hydrogens (tertiary/aromatic N) is 2. The van der Waals surface area contributed by atoms with Crippen molar-refractivity contribution in [1.82, 2.24) is 14.9 Å². The van der Waals surface area contributed by atoms with Crippen LogP contribution < -0.4 is 9.46 Å². The first-order chi connectivity index (χ1) is 12.9. The molecule has 0 amide bonds. The SMILES string of the molecule is COc1cccc(-c2nnc(CCNS(=O)(=O)Cc3cccc(C)c3)o2)c1. The first-order valence-electron chi connectivity index (χ1n) is 8.45. The zero-order chi connectivity index (χ0) is 19.3. The second-order valence-corrected chi connectivity index (χ2v) is 7.93. The summed E-state index contributed by atoms with van der Waals surface area (Å²) in [5, 5.41) is 7.98. The number of aromatic nitrogens is 2. The Balaban J connectivity index is 1.57. The van der Waals surface area contributed by atoms with Crippen molar-refractivity contribution < 1.29 is 17.6 Å². The van der Waals surface area contributed by atoms with Gasteiger partial charge >= 0.3 is 0 Å². The van der Waals surface area contributed by atoms with Crippen LogP contribution in [0.4, 0.5) is 0 Å². The summed E-state index contributed by atoms with van der Waals surface area (Å²) in [7, 11) is -1.85. The maximum absolute atomic E-state index is 12.2. The van der Waals surface area contributed by atoms with E-state index in [1.165, 1.54) is 0 Å². The van der Waals surface area contributed by atoms with Gasteiger partial charge in [-0.05, 0) is 30.7 Å². The third-order valence-corrected chi connectivity index (χ3v) is 5.24. The van der Waals surface area contributed by atoms with E-state index in [9.17, 15) is 8.42 Å². The standard InChI is InChI=1S/C19H21N3O4S/c1-14-5-3-6-15(11-14)13-27(23,24)20-10-9-18-21-22-19(26-18)16-7-4-8-17(12-16)25-2/h3-8,11-12,20H,9-10,13H2,1-2H3. The van der Waals surface area contributed by atoms with Gasteiger partial charge < -0.3 is 9.15 Å². The lowest BCUT2D eigenvalue weighted by atomic mass is 10.2. The normalized spacial score (nSPS) is 11.5. The highest BCUT2D eigenvalue weighted by atomic mass is 32.2. The number of sulfonamides is 1. The molecule has 0 atom stereocenters. The number of benzene rings is 2. The molecule has 0 spiro atoms. The number of nitrogens with one attached hydrogen (secondary N) is 1. The minimum absolute atomic E-state index is 0.0619. The maximum atomic E-state index is 12.2. The van der Waals surface area contributed by atoms with E-state index >= 15 is 0 Å². The number of rotatable bonds is 8. The highest BCUT2D eigenvalue weighted by Crippen LogP contribution is 2.22. The van der Waals surface area contributed by atoms with E-state index in [4.69, 9.17) is 9.15 Å². The van der Waals surface area contributed by atoms with Crippen molar-refractivity contribution in [1.29, 1.82) is 0 Å². The second-order valence-electron chi connectivity index (χ2n) is 6.13. The van der Waals surface area contributed by atoms with Gasteiger partial charge in [-0.15, -0.1) is 10.2 Å². The summed E-state index contributed by atoms with van der Waals surface area (Å²) in [4.78, 5) is 0. The van der Waals surface area contributed by atoms with Gasteiger partial charge in [0.2, 0.25) is 21.8 Å². The molecule has 0 aliphatic rings. The Kier molecular flexibility index (Phi) is 5.88. The summed E-state index contributed by atoms with van der Waals surface area (Å²) in [5.74, 6) is 1.36. The number of ether oxygens (including phenoxy) is 1. The number of methoxy groups -OCH3 is 1. The van der Waals surface area contributed by atoms with E-state index in [1.54, 1.807) is 19.2 Å². The highest BCUT2D eigenvalue weighted by Gasteiger charge is 2.13. The molecule has 142 valence electrons. The van der Waals surface area contributed by atoms with Crippen LogP contribution in [0.5, 0.6) is 5.75 Å². The molecule has 0 unspecified atom stereocenters. The predicted molar refractivity (Wildman–Crippen MR) is 102 cm³/mol. The maximum Gasteiger partial charge on any atom is 0.247 e. The molecular weight excluding hydrogens is 366 g/mol. The molecule has 27 heavy (non-hydrogen) atoms. The summed E-state index contributed by atoms with van der Waals surface area (Å²) >= 11 is 0. The van der Waals surface area contributed by atoms with Crippen LogP contribution in [0.1, 0.15) is 17.0 Å². The Morgan fingerprint density at radius 2 is 1.93 bits per heavy atom. The van der Waals surface area contributed by atoms with E-state index in [2.05, 4.69) is 14.9 Å². The van der Waals surface area contributed by atoms with Crippen molar-refractivity contribution in [2.75, 3.05) is 13.7 Å². The summed E-state index contributed by atoms with van der Waals surface area (Å²) < 4.78 is 37.8. The first kappa shape index (κ1) is 19.1. The Hall–Kier alpha value is -2.71. The number of hydrogen-bond acceptors (Lipinski definition) is 6. The van der Waals surface area contributed by atoms with Crippen LogP contribution in [-0.2, 0) is 22.2 Å². The van der Waals surface area contributed by atoms with Gasteiger partial charge in [-0.2, -0.15) is 0 Å². The lowest BCUT2D eigenvalue weighted by Crippen LogP contribution is -2.27. The molecule has 3 rings (SSSR count). The Morgan fingerprint density at radius 1 is 1.11 bits per heavy atom. The average molecular weight is 387 g/mol. The summed E-state index contributed by atoms with van der Waals surface area (Å²) in [6.45, 7) is 2.12. The lowest BCUT2D eigenvalue weighted by Gasteiger charge is -2.06. The molecule has 1 N–H and O–H groups in total. The Morgan fingerprint density at radius 3 is 2.70 bits per heavy atom. The smallest absolute Gasteiger partial charge is 0.247 e. The monoisotopic (exact) mass is 387 g/mol. The largest absolute Gasteiger partial charge is 0.497 e. The summed E-state index contributed by atoms with van der Waals surface area (Å²) in [5.41, 5.74) is 2.52. The van der Waals surface area contributed by atoms with E-state index in [-0.39, 0.29) is 12.3 Å². The minimum atomic E-state index is -3.43. The summed E-state index contributed by atoms with van der Waals surface area (Å²) in [6, 6.07) is 14.7. The van der Waals surface area contributed by atoms with Gasteiger partial charge in [0, 0.05) is 18.5 Å². The van der Waals surface area contributed by atoms with Crippen LogP contribution in [0.2, 0.25) is 0 Å². The molecule has 2 aromatic carbocycles. The van der Waals surface area contributed by atoms with Crippen molar-refractivity contribution in [2.45, 2.75) is 19.1 Å². The van der Waals surface area contributed by atoms with Crippen LogP contribution in [0.25, 0.3) is 11.5 Å². The van der Waals surface area contributed by atoms with E-state index in [1.807, 2.05) is 43.3 Å². The van der Waals surface area contributed by atoms with Crippen LogP contribution in [-0.4, -0.2) is 32.3 Å². The minimum Gasteiger partial charge on any atom is -0.497 e. The van der Waals surface area contributed by atoms with Crippen LogP contribution in [0, 0.1) is 6.92 Å².